The third kappa shape index (κ3) is 4.60. The van der Waals surface area contributed by atoms with Gasteiger partial charge in [-0.25, -0.2) is 4.79 Å². The van der Waals surface area contributed by atoms with Gasteiger partial charge in [0.2, 0.25) is 11.2 Å². The smallest absolute Gasteiger partial charge is 0.375 e. The van der Waals surface area contributed by atoms with Gasteiger partial charge in [-0.15, -0.1) is 0 Å². The molecule has 0 aliphatic carbocycles. The Bertz CT molecular complexity index is 1320. The second-order valence-corrected chi connectivity index (χ2v) is 8.21. The number of rotatable bonds is 6. The highest BCUT2D eigenvalue weighted by Gasteiger charge is 2.23. The van der Waals surface area contributed by atoms with Gasteiger partial charge in [0.05, 0.1) is 17.6 Å². The van der Waals surface area contributed by atoms with Gasteiger partial charge in [0.15, 0.2) is 0 Å². The first-order valence-electron chi connectivity index (χ1n) is 10.2. The molecule has 6 heteroatoms. The van der Waals surface area contributed by atoms with Crippen molar-refractivity contribution in [3.8, 4) is 16.9 Å². The van der Waals surface area contributed by atoms with Crippen LogP contribution in [-0.2, 0) is 11.3 Å². The van der Waals surface area contributed by atoms with Gasteiger partial charge in [0, 0.05) is 10.5 Å². The molecule has 4 rings (SSSR count). The first-order chi connectivity index (χ1) is 15.5. The van der Waals surface area contributed by atoms with Crippen LogP contribution in [0.2, 0.25) is 0 Å². The summed E-state index contributed by atoms with van der Waals surface area (Å²) in [4.78, 5) is 26.0. The molecule has 0 fully saturated rings. The summed E-state index contributed by atoms with van der Waals surface area (Å²) in [6, 6.07) is 20.2. The fourth-order valence-electron chi connectivity index (χ4n) is 3.33. The lowest BCUT2D eigenvalue weighted by molar-refractivity contribution is 0.0492. The van der Waals surface area contributed by atoms with E-state index in [0.717, 1.165) is 10.0 Å². The Morgan fingerprint density at radius 2 is 1.72 bits per heavy atom. The van der Waals surface area contributed by atoms with Gasteiger partial charge < -0.3 is 13.9 Å². The molecule has 4 aromatic rings. The number of fused-ring (bicyclic) bond motifs is 1. The van der Waals surface area contributed by atoms with E-state index in [1.165, 1.54) is 5.56 Å². The second kappa shape index (κ2) is 9.40. The van der Waals surface area contributed by atoms with Crippen LogP contribution < -0.4 is 10.2 Å². The summed E-state index contributed by atoms with van der Waals surface area (Å²) in [6.45, 7) is 4.27. The number of carbonyl (C=O) groups is 1. The number of benzene rings is 3. The van der Waals surface area contributed by atoms with Crippen molar-refractivity contribution in [1.82, 2.24) is 0 Å². The van der Waals surface area contributed by atoms with Crippen molar-refractivity contribution in [1.29, 1.82) is 0 Å². The molecule has 1 heterocycles. The van der Waals surface area contributed by atoms with Crippen molar-refractivity contribution in [2.75, 3.05) is 6.61 Å². The van der Waals surface area contributed by atoms with E-state index in [9.17, 15) is 9.59 Å². The van der Waals surface area contributed by atoms with E-state index in [1.807, 2.05) is 31.2 Å². The quantitative estimate of drug-likeness (QED) is 0.296. The maximum atomic E-state index is 13.3. The molecule has 0 unspecified atom stereocenters. The number of ether oxygens (including phenoxy) is 2. The van der Waals surface area contributed by atoms with E-state index < -0.39 is 5.97 Å². The minimum atomic E-state index is -0.685. The lowest BCUT2D eigenvalue weighted by Crippen LogP contribution is -2.15. The molecule has 0 radical (unpaired) electrons. The first kappa shape index (κ1) is 21.8. The zero-order valence-electron chi connectivity index (χ0n) is 17.7. The molecule has 0 aliphatic rings. The Kier molecular flexibility index (Phi) is 6.42. The summed E-state index contributed by atoms with van der Waals surface area (Å²) in [6.07, 6.45) is 0. The third-order valence-corrected chi connectivity index (χ3v) is 5.51. The van der Waals surface area contributed by atoms with Crippen molar-refractivity contribution >= 4 is 32.9 Å². The lowest BCUT2D eigenvalue weighted by atomic mass is 10.0. The normalized spacial score (nSPS) is 10.8. The van der Waals surface area contributed by atoms with Crippen LogP contribution in [0.1, 0.15) is 28.6 Å². The number of carbonyl (C=O) groups excluding carboxylic acids is 1. The minimum Gasteiger partial charge on any atom is -0.489 e. The molecule has 1 aromatic heterocycles. The van der Waals surface area contributed by atoms with Gasteiger partial charge >= 0.3 is 5.97 Å². The first-order valence-corrected chi connectivity index (χ1v) is 11.0. The molecule has 0 atom stereocenters. The maximum Gasteiger partial charge on any atom is 0.375 e. The van der Waals surface area contributed by atoms with Gasteiger partial charge in [0.25, 0.3) is 0 Å². The predicted molar refractivity (Wildman–Crippen MR) is 127 cm³/mol. The van der Waals surface area contributed by atoms with Crippen LogP contribution in [0.5, 0.6) is 5.75 Å². The van der Waals surface area contributed by atoms with Crippen molar-refractivity contribution in [3.63, 3.8) is 0 Å². The van der Waals surface area contributed by atoms with Crippen LogP contribution in [0.25, 0.3) is 22.1 Å². The number of esters is 1. The highest BCUT2D eigenvalue weighted by Crippen LogP contribution is 2.28. The van der Waals surface area contributed by atoms with Gasteiger partial charge in [-0.3, -0.25) is 4.79 Å². The van der Waals surface area contributed by atoms with E-state index >= 15 is 0 Å². The minimum absolute atomic E-state index is 0.123. The highest BCUT2D eigenvalue weighted by molar-refractivity contribution is 9.10. The summed E-state index contributed by atoms with van der Waals surface area (Å²) >= 11 is 3.38. The topological polar surface area (TPSA) is 65.7 Å². The van der Waals surface area contributed by atoms with Crippen molar-refractivity contribution < 1.29 is 18.7 Å². The van der Waals surface area contributed by atoms with Crippen LogP contribution in [0, 0.1) is 6.92 Å². The van der Waals surface area contributed by atoms with Crippen LogP contribution >= 0.6 is 15.9 Å². The Morgan fingerprint density at radius 1 is 1.00 bits per heavy atom. The molecular weight excluding hydrogens is 472 g/mol. The van der Waals surface area contributed by atoms with Crippen LogP contribution in [0.15, 0.2) is 80.4 Å². The molecular formula is C26H21BrO5. The zero-order chi connectivity index (χ0) is 22.7. The Balaban J connectivity index is 1.76. The third-order valence-electron chi connectivity index (χ3n) is 4.98. The monoisotopic (exact) mass is 492 g/mol. The number of hydrogen-bond donors (Lipinski definition) is 0. The fraction of sp³-hybridized carbons (Fsp3) is 0.154. The zero-order valence-corrected chi connectivity index (χ0v) is 19.3. The molecule has 0 saturated carbocycles. The molecule has 0 N–H and O–H groups in total. The van der Waals surface area contributed by atoms with Crippen molar-refractivity contribution in [3.05, 3.63) is 98.3 Å². The Morgan fingerprint density at radius 3 is 2.41 bits per heavy atom. The second-order valence-electron chi connectivity index (χ2n) is 7.29. The summed E-state index contributed by atoms with van der Waals surface area (Å²) in [7, 11) is 0. The molecule has 0 aliphatic heterocycles. The Hall–Kier alpha value is -3.38. The SMILES string of the molecule is CCOC(=O)c1oc2cc(OCc3ccc(C)cc3)ccc2c(=O)c1-c1ccc(Br)cc1. The lowest BCUT2D eigenvalue weighted by Gasteiger charge is -2.11. The molecule has 32 heavy (non-hydrogen) atoms. The van der Waals surface area contributed by atoms with E-state index in [1.54, 1.807) is 49.4 Å². The van der Waals surface area contributed by atoms with E-state index in [2.05, 4.69) is 15.9 Å². The number of halogens is 1. The average Bonchev–Trinajstić information content (AvgIpc) is 2.79. The van der Waals surface area contributed by atoms with E-state index in [4.69, 9.17) is 13.9 Å². The van der Waals surface area contributed by atoms with Crippen molar-refractivity contribution in [2.45, 2.75) is 20.5 Å². The van der Waals surface area contributed by atoms with Crippen molar-refractivity contribution in [2.24, 2.45) is 0 Å². The van der Waals surface area contributed by atoms with Crippen LogP contribution in [-0.4, -0.2) is 12.6 Å². The fourth-order valence-corrected chi connectivity index (χ4v) is 3.60. The summed E-state index contributed by atoms with van der Waals surface area (Å²) < 4.78 is 17.8. The molecule has 162 valence electrons. The van der Waals surface area contributed by atoms with Crippen LogP contribution in [0.3, 0.4) is 0 Å². The largest absolute Gasteiger partial charge is 0.489 e. The summed E-state index contributed by atoms with van der Waals surface area (Å²) in [5.74, 6) is -0.273. The van der Waals surface area contributed by atoms with Gasteiger partial charge in [-0.1, -0.05) is 57.9 Å². The molecule has 5 nitrogen and oxygen atoms in total. The van der Waals surface area contributed by atoms with E-state index in [-0.39, 0.29) is 28.9 Å². The molecule has 0 bridgehead atoms. The average molecular weight is 493 g/mol. The predicted octanol–water partition coefficient (Wildman–Crippen LogP) is 6.29. The number of aryl methyl sites for hydroxylation is 1. The summed E-state index contributed by atoms with van der Waals surface area (Å²) in [5, 5.41) is 0.360. The van der Waals surface area contributed by atoms with Crippen LogP contribution in [0.4, 0.5) is 0 Å². The van der Waals surface area contributed by atoms with E-state index in [0.29, 0.717) is 23.3 Å². The standard InChI is InChI=1S/C26H21BrO5/c1-3-30-26(29)25-23(18-8-10-19(27)11-9-18)24(28)21-13-12-20(14-22(21)32-25)31-15-17-6-4-16(2)5-7-17/h4-14H,3,15H2,1-2H3. The molecule has 0 amide bonds. The highest BCUT2D eigenvalue weighted by atomic mass is 79.9. The maximum absolute atomic E-state index is 13.3. The molecule has 0 saturated heterocycles. The number of hydrogen-bond acceptors (Lipinski definition) is 5. The molecule has 3 aromatic carbocycles. The van der Waals surface area contributed by atoms with Gasteiger partial charge in [0.1, 0.15) is 17.9 Å². The summed E-state index contributed by atoms with van der Waals surface area (Å²) in [5.41, 5.74) is 2.91. The van der Waals surface area contributed by atoms with Gasteiger partial charge in [-0.2, -0.15) is 0 Å². The van der Waals surface area contributed by atoms with Gasteiger partial charge in [-0.05, 0) is 49.2 Å². The Labute approximate surface area is 193 Å². The molecule has 0 spiro atoms.